The molecule has 4 aliphatic rings. The summed E-state index contributed by atoms with van der Waals surface area (Å²) in [7, 11) is 0. The standard InChI is InChI=1S/C21H30N4O3/c26-20(9-13-5-7-22-8-6-13)25-16-3-4-17(25)11-15(10-16)23-21(27)18-12-19(28-24-18)14-1-2-14/h12-17,22H,1-11H2,(H,23,27)/t15-,16+,17-. The zero-order valence-electron chi connectivity index (χ0n) is 16.4. The second kappa shape index (κ2) is 7.50. The summed E-state index contributed by atoms with van der Waals surface area (Å²) in [6.07, 6.45) is 8.99. The fourth-order valence-electron chi connectivity index (χ4n) is 5.36. The maximum absolute atomic E-state index is 12.9. The molecule has 0 radical (unpaired) electrons. The van der Waals surface area contributed by atoms with E-state index >= 15 is 0 Å². The normalized spacial score (nSPS) is 30.4. The van der Waals surface area contributed by atoms with Crippen molar-refractivity contribution in [3.05, 3.63) is 17.5 Å². The number of fused-ring (bicyclic) bond motifs is 2. The molecule has 0 aromatic carbocycles. The SMILES string of the molecule is O=C(N[C@H]1C[C@H]2CC[C@@H](C1)N2C(=O)CC1CCNCC1)c1cc(C2CC2)on1. The number of carbonyl (C=O) groups is 2. The minimum atomic E-state index is -0.144. The van der Waals surface area contributed by atoms with Gasteiger partial charge in [-0.05, 0) is 70.4 Å². The van der Waals surface area contributed by atoms with E-state index in [9.17, 15) is 9.59 Å². The average molecular weight is 386 g/mol. The number of amides is 2. The van der Waals surface area contributed by atoms with E-state index in [4.69, 9.17) is 4.52 Å². The Morgan fingerprint density at radius 3 is 2.50 bits per heavy atom. The molecule has 2 amide bonds. The smallest absolute Gasteiger partial charge is 0.273 e. The van der Waals surface area contributed by atoms with Crippen molar-refractivity contribution in [2.75, 3.05) is 13.1 Å². The minimum Gasteiger partial charge on any atom is -0.360 e. The predicted octanol–water partition coefficient (Wildman–Crippen LogP) is 2.19. The van der Waals surface area contributed by atoms with E-state index in [1.165, 1.54) is 0 Å². The maximum Gasteiger partial charge on any atom is 0.273 e. The van der Waals surface area contributed by atoms with Crippen molar-refractivity contribution in [2.45, 2.75) is 81.8 Å². The molecular weight excluding hydrogens is 356 g/mol. The highest BCUT2D eigenvalue weighted by molar-refractivity contribution is 5.92. The first-order valence-electron chi connectivity index (χ1n) is 11.0. The molecule has 4 heterocycles. The molecule has 7 heteroatoms. The Labute approximate surface area is 165 Å². The van der Waals surface area contributed by atoms with Gasteiger partial charge in [0.1, 0.15) is 5.76 Å². The third-order valence-corrected chi connectivity index (χ3v) is 7.02. The third-order valence-electron chi connectivity index (χ3n) is 7.02. The molecule has 28 heavy (non-hydrogen) atoms. The lowest BCUT2D eigenvalue weighted by molar-refractivity contribution is -0.137. The number of piperidine rings is 2. The Kier molecular flexibility index (Phi) is 4.87. The molecule has 5 rings (SSSR count). The fraction of sp³-hybridized carbons (Fsp3) is 0.762. The first-order chi connectivity index (χ1) is 13.7. The molecule has 1 saturated carbocycles. The molecule has 0 unspecified atom stereocenters. The molecule has 3 atom stereocenters. The molecule has 4 fully saturated rings. The van der Waals surface area contributed by atoms with Gasteiger partial charge in [0.15, 0.2) is 5.69 Å². The lowest BCUT2D eigenvalue weighted by Crippen LogP contribution is -2.52. The van der Waals surface area contributed by atoms with E-state index in [1.54, 1.807) is 6.07 Å². The number of nitrogens with one attached hydrogen (secondary N) is 2. The summed E-state index contributed by atoms with van der Waals surface area (Å²) in [5.41, 5.74) is 0.388. The number of hydrogen-bond acceptors (Lipinski definition) is 5. The van der Waals surface area contributed by atoms with Gasteiger partial charge >= 0.3 is 0 Å². The van der Waals surface area contributed by atoms with Gasteiger partial charge in [-0.1, -0.05) is 5.16 Å². The highest BCUT2D eigenvalue weighted by Gasteiger charge is 2.44. The highest BCUT2D eigenvalue weighted by Crippen LogP contribution is 2.40. The second-order valence-electron chi connectivity index (χ2n) is 9.11. The first-order valence-corrected chi connectivity index (χ1v) is 11.0. The molecule has 7 nitrogen and oxygen atoms in total. The van der Waals surface area contributed by atoms with Crippen LogP contribution < -0.4 is 10.6 Å². The van der Waals surface area contributed by atoms with Gasteiger partial charge in [0.05, 0.1) is 0 Å². The Hall–Kier alpha value is -1.89. The lowest BCUT2D eigenvalue weighted by atomic mass is 9.91. The molecule has 1 aromatic rings. The largest absolute Gasteiger partial charge is 0.360 e. The monoisotopic (exact) mass is 386 g/mol. The van der Waals surface area contributed by atoms with Crippen LogP contribution in [-0.4, -0.2) is 53.1 Å². The van der Waals surface area contributed by atoms with Crippen LogP contribution in [0.25, 0.3) is 0 Å². The van der Waals surface area contributed by atoms with Crippen LogP contribution in [0.15, 0.2) is 10.6 Å². The zero-order chi connectivity index (χ0) is 19.1. The van der Waals surface area contributed by atoms with Gasteiger partial charge < -0.3 is 20.1 Å². The number of nitrogens with zero attached hydrogens (tertiary/aromatic N) is 2. The summed E-state index contributed by atoms with van der Waals surface area (Å²) in [6, 6.07) is 2.46. The van der Waals surface area contributed by atoms with Crippen LogP contribution in [-0.2, 0) is 4.79 Å². The number of rotatable bonds is 5. The van der Waals surface area contributed by atoms with Crippen LogP contribution in [0.2, 0.25) is 0 Å². The van der Waals surface area contributed by atoms with E-state index in [-0.39, 0.29) is 24.0 Å². The van der Waals surface area contributed by atoms with E-state index in [2.05, 4.69) is 20.7 Å². The third kappa shape index (κ3) is 3.69. The summed E-state index contributed by atoms with van der Waals surface area (Å²) >= 11 is 0. The van der Waals surface area contributed by atoms with E-state index in [1.807, 2.05) is 0 Å². The quantitative estimate of drug-likeness (QED) is 0.810. The molecule has 1 aromatic heterocycles. The van der Waals surface area contributed by atoms with Crippen molar-refractivity contribution in [2.24, 2.45) is 5.92 Å². The van der Waals surface area contributed by atoms with E-state index in [0.29, 0.717) is 29.9 Å². The lowest BCUT2D eigenvalue weighted by Gasteiger charge is -2.40. The van der Waals surface area contributed by atoms with Crippen LogP contribution in [0.5, 0.6) is 0 Å². The molecular formula is C21H30N4O3. The van der Waals surface area contributed by atoms with Crippen LogP contribution in [0, 0.1) is 5.92 Å². The molecule has 3 aliphatic heterocycles. The zero-order valence-corrected chi connectivity index (χ0v) is 16.4. The van der Waals surface area contributed by atoms with Gasteiger partial charge in [0, 0.05) is 36.5 Å². The van der Waals surface area contributed by atoms with Crippen molar-refractivity contribution in [3.63, 3.8) is 0 Å². The van der Waals surface area contributed by atoms with Crippen molar-refractivity contribution in [1.82, 2.24) is 20.7 Å². The fourth-order valence-corrected chi connectivity index (χ4v) is 5.36. The van der Waals surface area contributed by atoms with Crippen LogP contribution in [0.1, 0.15) is 80.0 Å². The Balaban J connectivity index is 1.16. The molecule has 3 saturated heterocycles. The van der Waals surface area contributed by atoms with Crippen molar-refractivity contribution < 1.29 is 14.1 Å². The van der Waals surface area contributed by atoms with Crippen molar-refractivity contribution in [1.29, 1.82) is 0 Å². The van der Waals surface area contributed by atoms with Crippen LogP contribution in [0.3, 0.4) is 0 Å². The van der Waals surface area contributed by atoms with Gasteiger partial charge in [0.25, 0.3) is 5.91 Å². The van der Waals surface area contributed by atoms with Gasteiger partial charge in [-0.3, -0.25) is 9.59 Å². The van der Waals surface area contributed by atoms with Gasteiger partial charge in [-0.2, -0.15) is 0 Å². The topological polar surface area (TPSA) is 87.5 Å². The molecule has 0 spiro atoms. The van der Waals surface area contributed by atoms with E-state index in [0.717, 1.165) is 70.2 Å². The summed E-state index contributed by atoms with van der Waals surface area (Å²) in [4.78, 5) is 27.7. The average Bonchev–Trinajstić information content (AvgIpc) is 3.35. The van der Waals surface area contributed by atoms with Crippen LogP contribution in [0.4, 0.5) is 0 Å². The Morgan fingerprint density at radius 1 is 1.11 bits per heavy atom. The highest BCUT2D eigenvalue weighted by atomic mass is 16.5. The summed E-state index contributed by atoms with van der Waals surface area (Å²) in [6.45, 7) is 2.06. The molecule has 2 bridgehead atoms. The maximum atomic E-state index is 12.9. The first kappa shape index (κ1) is 18.2. The summed E-state index contributed by atoms with van der Waals surface area (Å²) < 4.78 is 5.31. The van der Waals surface area contributed by atoms with Crippen LogP contribution >= 0.6 is 0 Å². The number of hydrogen-bond donors (Lipinski definition) is 2. The van der Waals surface area contributed by atoms with Gasteiger partial charge in [0.2, 0.25) is 5.91 Å². The van der Waals surface area contributed by atoms with Crippen molar-refractivity contribution >= 4 is 11.8 Å². The molecule has 152 valence electrons. The number of carbonyl (C=O) groups excluding carboxylic acids is 2. The minimum absolute atomic E-state index is 0.119. The van der Waals surface area contributed by atoms with Crippen molar-refractivity contribution in [3.8, 4) is 0 Å². The summed E-state index contributed by atoms with van der Waals surface area (Å²) in [5.74, 6) is 2.00. The number of aromatic nitrogens is 1. The Bertz CT molecular complexity index is 724. The molecule has 1 aliphatic carbocycles. The predicted molar refractivity (Wildman–Crippen MR) is 103 cm³/mol. The van der Waals surface area contributed by atoms with E-state index < -0.39 is 0 Å². The van der Waals surface area contributed by atoms with Gasteiger partial charge in [-0.25, -0.2) is 0 Å². The van der Waals surface area contributed by atoms with Gasteiger partial charge in [-0.15, -0.1) is 0 Å². The Morgan fingerprint density at radius 2 is 1.82 bits per heavy atom. The summed E-state index contributed by atoms with van der Waals surface area (Å²) in [5, 5.41) is 10.5. The molecule has 2 N–H and O–H groups in total. The second-order valence-corrected chi connectivity index (χ2v) is 9.11.